The number of pyridine rings is 2. The van der Waals surface area contributed by atoms with Gasteiger partial charge in [0.05, 0.1) is 35.7 Å². The minimum absolute atomic E-state index is 0.0143. The van der Waals surface area contributed by atoms with E-state index in [1.165, 1.54) is 4.90 Å². The van der Waals surface area contributed by atoms with E-state index in [2.05, 4.69) is 30.2 Å². The second-order valence-electron chi connectivity index (χ2n) is 7.87. The Hall–Kier alpha value is -4.28. The number of amides is 1. The van der Waals surface area contributed by atoms with Crippen molar-refractivity contribution < 1.29 is 9.90 Å². The smallest absolute Gasteiger partial charge is 0.407 e. The van der Waals surface area contributed by atoms with Crippen LogP contribution in [-0.4, -0.2) is 71.0 Å². The molecule has 4 aromatic rings. The topological polar surface area (TPSA) is 125 Å². The van der Waals surface area contributed by atoms with E-state index in [0.717, 1.165) is 28.8 Å². The van der Waals surface area contributed by atoms with Gasteiger partial charge in [0.2, 0.25) is 0 Å². The number of likely N-dealkylation sites (tertiary alicyclic amines) is 1. The van der Waals surface area contributed by atoms with Gasteiger partial charge in [0.15, 0.2) is 5.82 Å². The van der Waals surface area contributed by atoms with Crippen LogP contribution in [-0.2, 0) is 0 Å². The van der Waals surface area contributed by atoms with Crippen molar-refractivity contribution in [3.63, 3.8) is 0 Å². The van der Waals surface area contributed by atoms with Crippen molar-refractivity contribution in [1.82, 2.24) is 34.6 Å². The summed E-state index contributed by atoms with van der Waals surface area (Å²) in [5.74, 6) is 2.07. The Balaban J connectivity index is 1.35. The first kappa shape index (κ1) is 18.5. The van der Waals surface area contributed by atoms with E-state index < -0.39 is 6.09 Å². The number of nitrogens with zero attached hydrogens (tertiary/aromatic N) is 8. The molecule has 4 aromatic heterocycles. The van der Waals surface area contributed by atoms with Crippen molar-refractivity contribution in [3.8, 4) is 5.69 Å². The van der Waals surface area contributed by atoms with Crippen LogP contribution in [0.25, 0.3) is 16.6 Å². The van der Waals surface area contributed by atoms with Crippen molar-refractivity contribution in [2.45, 2.75) is 18.5 Å². The lowest BCUT2D eigenvalue weighted by molar-refractivity contribution is 0.137. The van der Waals surface area contributed by atoms with Gasteiger partial charge in [-0.05, 0) is 18.6 Å². The number of hydrogen-bond donors (Lipinski definition) is 2. The lowest BCUT2D eigenvalue weighted by Crippen LogP contribution is -2.48. The summed E-state index contributed by atoms with van der Waals surface area (Å²) in [6.07, 6.45) is 10.1. The van der Waals surface area contributed by atoms with E-state index >= 15 is 0 Å². The molecule has 160 valence electrons. The molecule has 0 spiro atoms. The molecule has 0 aromatic carbocycles. The average molecular weight is 429 g/mol. The third-order valence-electron chi connectivity index (χ3n) is 6.05. The summed E-state index contributed by atoms with van der Waals surface area (Å²) < 4.78 is 1.82. The molecule has 1 amide bonds. The van der Waals surface area contributed by atoms with Crippen LogP contribution in [0.5, 0.6) is 0 Å². The highest BCUT2D eigenvalue weighted by atomic mass is 16.4. The monoisotopic (exact) mass is 429 g/mol. The van der Waals surface area contributed by atoms with Crippen LogP contribution < -0.4 is 10.2 Å². The van der Waals surface area contributed by atoms with Crippen LogP contribution in [0.15, 0.2) is 55.4 Å². The highest BCUT2D eigenvalue weighted by molar-refractivity contribution is 5.92. The number of fused-ring (bicyclic) bond motifs is 3. The molecule has 11 heteroatoms. The molecule has 0 unspecified atom stereocenters. The minimum Gasteiger partial charge on any atom is -0.465 e. The van der Waals surface area contributed by atoms with E-state index in [1.807, 2.05) is 22.9 Å². The van der Waals surface area contributed by atoms with Crippen LogP contribution in [0.3, 0.4) is 0 Å². The molecule has 6 rings (SSSR count). The molecule has 11 nitrogen and oxygen atoms in total. The van der Waals surface area contributed by atoms with Gasteiger partial charge in [-0.3, -0.25) is 9.97 Å². The molecule has 2 aliphatic rings. The average Bonchev–Trinajstić information content (AvgIpc) is 3.53. The van der Waals surface area contributed by atoms with Gasteiger partial charge in [-0.15, -0.1) is 5.10 Å². The van der Waals surface area contributed by atoms with E-state index in [1.54, 1.807) is 37.2 Å². The Bertz CT molecular complexity index is 1310. The van der Waals surface area contributed by atoms with Crippen LogP contribution in [0, 0.1) is 0 Å². The molecule has 2 saturated heterocycles. The van der Waals surface area contributed by atoms with Crippen molar-refractivity contribution in [1.29, 1.82) is 0 Å². The summed E-state index contributed by atoms with van der Waals surface area (Å²) >= 11 is 0. The first-order valence-electron chi connectivity index (χ1n) is 10.3. The maximum Gasteiger partial charge on any atom is 0.407 e. The summed E-state index contributed by atoms with van der Waals surface area (Å²) in [4.78, 5) is 32.3. The number of aromatic nitrogens is 6. The van der Waals surface area contributed by atoms with Gasteiger partial charge in [-0.25, -0.2) is 19.4 Å². The number of carbonyl (C=O) groups is 1. The van der Waals surface area contributed by atoms with Crippen LogP contribution in [0.1, 0.15) is 6.42 Å². The third-order valence-corrected chi connectivity index (χ3v) is 6.05. The quantitative estimate of drug-likeness (QED) is 0.502. The second-order valence-corrected chi connectivity index (χ2v) is 7.87. The number of hydrogen-bond acceptors (Lipinski definition) is 8. The zero-order chi connectivity index (χ0) is 21.7. The van der Waals surface area contributed by atoms with Crippen LogP contribution >= 0.6 is 0 Å². The molecule has 0 saturated carbocycles. The minimum atomic E-state index is -0.850. The highest BCUT2D eigenvalue weighted by Crippen LogP contribution is 2.35. The summed E-state index contributed by atoms with van der Waals surface area (Å²) in [5, 5.41) is 18.3. The largest absolute Gasteiger partial charge is 0.465 e. The molecule has 2 atom stereocenters. The summed E-state index contributed by atoms with van der Waals surface area (Å²) in [6.45, 7) is 1.15. The Kier molecular flexibility index (Phi) is 4.13. The standard InChI is InChI=1S/C21H19N9O2/c31-21(32)29-12-14-7-15(29)11-28(14)19-8-13(1-4-25-19)30-17-9-22-3-2-16(17)20(27-30)26-18-10-23-5-6-24-18/h1-6,8-10,14-15H,7,11-12H2,(H,31,32)(H,24,26,27)/t14-,15-/m0/s1. The second kappa shape index (κ2) is 7.15. The van der Waals surface area contributed by atoms with Gasteiger partial charge in [0, 0.05) is 49.3 Å². The zero-order valence-corrected chi connectivity index (χ0v) is 16.9. The zero-order valence-electron chi connectivity index (χ0n) is 16.9. The number of piperazine rings is 1. The number of rotatable bonds is 4. The lowest BCUT2D eigenvalue weighted by Gasteiger charge is -2.33. The molecular weight excluding hydrogens is 410 g/mol. The first-order valence-corrected chi connectivity index (χ1v) is 10.3. The highest BCUT2D eigenvalue weighted by Gasteiger charge is 2.45. The normalized spacial score (nSPS) is 19.6. The summed E-state index contributed by atoms with van der Waals surface area (Å²) in [7, 11) is 0. The van der Waals surface area contributed by atoms with Crippen LogP contribution in [0.4, 0.5) is 22.2 Å². The fourth-order valence-corrected chi connectivity index (χ4v) is 4.62. The Morgan fingerprint density at radius 3 is 2.72 bits per heavy atom. The van der Waals surface area contributed by atoms with Crippen molar-refractivity contribution in [3.05, 3.63) is 55.4 Å². The predicted octanol–water partition coefficient (Wildman–Crippen LogP) is 2.29. The van der Waals surface area contributed by atoms with Gasteiger partial charge >= 0.3 is 6.09 Å². The number of nitrogens with one attached hydrogen (secondary N) is 1. The van der Waals surface area contributed by atoms with Crippen molar-refractivity contribution >= 4 is 34.4 Å². The molecule has 6 heterocycles. The maximum absolute atomic E-state index is 11.4. The Labute approximate surface area is 182 Å². The van der Waals surface area contributed by atoms with E-state index in [4.69, 9.17) is 5.10 Å². The van der Waals surface area contributed by atoms with Gasteiger partial charge in [-0.2, -0.15) is 0 Å². The SMILES string of the molecule is O=C(O)N1C[C@@H]2C[C@H]1CN2c1cc(-n2nc(Nc3cnccn3)c3ccncc32)ccn1. The Morgan fingerprint density at radius 2 is 1.94 bits per heavy atom. The molecule has 2 bridgehead atoms. The first-order chi connectivity index (χ1) is 15.7. The van der Waals surface area contributed by atoms with E-state index in [-0.39, 0.29) is 12.1 Å². The third kappa shape index (κ3) is 2.97. The molecule has 2 fully saturated rings. The van der Waals surface area contributed by atoms with E-state index in [0.29, 0.717) is 24.7 Å². The summed E-state index contributed by atoms with van der Waals surface area (Å²) in [5.41, 5.74) is 1.69. The lowest BCUT2D eigenvalue weighted by atomic mass is 10.2. The fourth-order valence-electron chi connectivity index (χ4n) is 4.62. The van der Waals surface area contributed by atoms with Gasteiger partial charge in [0.1, 0.15) is 11.6 Å². The van der Waals surface area contributed by atoms with Gasteiger partial charge in [-0.1, -0.05) is 0 Å². The number of carboxylic acid groups (broad SMARTS) is 1. The maximum atomic E-state index is 11.4. The van der Waals surface area contributed by atoms with Crippen LogP contribution in [0.2, 0.25) is 0 Å². The van der Waals surface area contributed by atoms with E-state index in [9.17, 15) is 9.90 Å². The molecule has 0 aliphatic carbocycles. The van der Waals surface area contributed by atoms with Gasteiger partial charge < -0.3 is 20.2 Å². The molecule has 2 N–H and O–H groups in total. The fraction of sp³-hybridized carbons (Fsp3) is 0.238. The van der Waals surface area contributed by atoms with Crippen molar-refractivity contribution in [2.75, 3.05) is 23.3 Å². The van der Waals surface area contributed by atoms with Crippen molar-refractivity contribution in [2.24, 2.45) is 0 Å². The molecule has 0 radical (unpaired) electrons. The summed E-state index contributed by atoms with van der Waals surface area (Å²) in [6, 6.07) is 5.94. The Morgan fingerprint density at radius 1 is 1.03 bits per heavy atom. The molecule has 32 heavy (non-hydrogen) atoms. The van der Waals surface area contributed by atoms with Gasteiger partial charge in [0.25, 0.3) is 0 Å². The molecule has 2 aliphatic heterocycles. The predicted molar refractivity (Wildman–Crippen MR) is 116 cm³/mol. The molecular formula is C21H19N9O2. The number of anilines is 3.